The van der Waals surface area contributed by atoms with E-state index < -0.39 is 30.5 Å². The molecule has 152 valence electrons. The van der Waals surface area contributed by atoms with Gasteiger partial charge in [-0.25, -0.2) is 4.79 Å². The summed E-state index contributed by atoms with van der Waals surface area (Å²) in [5.41, 5.74) is 1.09. The van der Waals surface area contributed by atoms with Gasteiger partial charge in [-0.2, -0.15) is 0 Å². The summed E-state index contributed by atoms with van der Waals surface area (Å²) in [6.45, 7) is 7.47. The van der Waals surface area contributed by atoms with Gasteiger partial charge in [-0.1, -0.05) is 6.58 Å². The number of carboxylic acids is 1. The molecule has 3 N–H and O–H groups in total. The number of halogens is 1. The van der Waals surface area contributed by atoms with E-state index in [-0.39, 0.29) is 12.4 Å². The van der Waals surface area contributed by atoms with E-state index in [9.17, 15) is 9.59 Å². The number of hydrogen-bond donors (Lipinski definition) is 3. The number of ether oxygens (including phenoxy) is 3. The Morgan fingerprint density at radius 1 is 1.29 bits per heavy atom. The molecule has 8 nitrogen and oxygen atoms in total. The first-order valence-corrected chi connectivity index (χ1v) is 9.72. The van der Waals surface area contributed by atoms with Crippen LogP contribution in [0.15, 0.2) is 28.9 Å². The van der Waals surface area contributed by atoms with Gasteiger partial charge < -0.3 is 30.0 Å². The van der Waals surface area contributed by atoms with Gasteiger partial charge in [0.1, 0.15) is 5.92 Å². The summed E-state index contributed by atoms with van der Waals surface area (Å²) < 4.78 is 16.6. The maximum absolute atomic E-state index is 12.5. The van der Waals surface area contributed by atoms with E-state index in [1.165, 1.54) is 0 Å². The minimum atomic E-state index is -1.11. The molecule has 1 heterocycles. The zero-order chi connectivity index (χ0) is 20.8. The van der Waals surface area contributed by atoms with Crippen molar-refractivity contribution in [2.75, 3.05) is 19.8 Å². The van der Waals surface area contributed by atoms with Crippen LogP contribution in [0.25, 0.3) is 0 Å². The molecule has 1 aromatic rings. The topological polar surface area (TPSA) is 106 Å². The average Bonchev–Trinajstić information content (AvgIpc) is 2.60. The predicted molar refractivity (Wildman–Crippen MR) is 109 cm³/mol. The molecule has 0 amide bonds. The molecule has 0 spiro atoms. The van der Waals surface area contributed by atoms with Crippen molar-refractivity contribution in [3.8, 4) is 11.5 Å². The molecule has 2 rings (SSSR count). The molecule has 0 bridgehead atoms. The van der Waals surface area contributed by atoms with Crippen LogP contribution in [0.3, 0.4) is 0 Å². The number of carboxylic acid groups (broad SMARTS) is 1. The lowest BCUT2D eigenvalue weighted by Gasteiger charge is -2.35. The minimum Gasteiger partial charge on any atom is -0.490 e. The Labute approximate surface area is 176 Å². The quantitative estimate of drug-likeness (QED) is 0.388. The lowest BCUT2D eigenvalue weighted by Crippen LogP contribution is -2.51. The van der Waals surface area contributed by atoms with Crippen molar-refractivity contribution in [2.45, 2.75) is 19.9 Å². The largest absolute Gasteiger partial charge is 0.490 e. The summed E-state index contributed by atoms with van der Waals surface area (Å²) in [5.74, 6) is -1.68. The van der Waals surface area contributed by atoms with Crippen LogP contribution in [0.5, 0.6) is 11.5 Å². The van der Waals surface area contributed by atoms with Crippen molar-refractivity contribution in [1.29, 1.82) is 0 Å². The highest BCUT2D eigenvalue weighted by Crippen LogP contribution is 2.41. The molecule has 2 atom stereocenters. The van der Waals surface area contributed by atoms with E-state index in [1.54, 1.807) is 26.0 Å². The Morgan fingerprint density at radius 2 is 2.00 bits per heavy atom. The number of carbonyl (C=O) groups is 2. The van der Waals surface area contributed by atoms with Crippen LogP contribution in [0.4, 0.5) is 0 Å². The summed E-state index contributed by atoms with van der Waals surface area (Å²) in [7, 11) is 0. The normalized spacial score (nSPS) is 18.7. The number of hydrogen-bond acceptors (Lipinski definition) is 6. The van der Waals surface area contributed by atoms with Gasteiger partial charge in [-0.15, -0.1) is 0 Å². The molecule has 0 aromatic heterocycles. The number of carbonyl (C=O) groups excluding carboxylic acids is 1. The maximum Gasteiger partial charge on any atom is 0.341 e. The molecule has 2 unspecified atom stereocenters. The van der Waals surface area contributed by atoms with Gasteiger partial charge in [0.2, 0.25) is 0 Å². The monoisotopic (exact) mass is 472 g/mol. The van der Waals surface area contributed by atoms with Crippen molar-refractivity contribution in [2.24, 2.45) is 5.92 Å². The molecular formula is C18H21BrN2O6S. The highest BCUT2D eigenvalue weighted by Gasteiger charge is 2.38. The zero-order valence-electron chi connectivity index (χ0n) is 15.4. The Kier molecular flexibility index (Phi) is 7.64. The third-order valence-corrected chi connectivity index (χ3v) is 4.65. The summed E-state index contributed by atoms with van der Waals surface area (Å²) in [6, 6.07) is 2.84. The van der Waals surface area contributed by atoms with Crippen molar-refractivity contribution >= 4 is 45.2 Å². The van der Waals surface area contributed by atoms with Crippen LogP contribution in [0.1, 0.15) is 25.5 Å². The first-order chi connectivity index (χ1) is 13.3. The highest BCUT2D eigenvalue weighted by molar-refractivity contribution is 9.10. The third-order valence-electron chi connectivity index (χ3n) is 3.84. The highest BCUT2D eigenvalue weighted by atomic mass is 79.9. The zero-order valence-corrected chi connectivity index (χ0v) is 17.8. The van der Waals surface area contributed by atoms with Crippen LogP contribution >= 0.6 is 28.1 Å². The van der Waals surface area contributed by atoms with E-state index in [0.29, 0.717) is 33.2 Å². The third kappa shape index (κ3) is 5.14. The van der Waals surface area contributed by atoms with Crippen LogP contribution < -0.4 is 20.1 Å². The van der Waals surface area contributed by atoms with E-state index in [2.05, 4.69) is 33.1 Å². The molecule has 1 aromatic carbocycles. The molecule has 28 heavy (non-hydrogen) atoms. The second-order valence-corrected chi connectivity index (χ2v) is 7.04. The maximum atomic E-state index is 12.5. The van der Waals surface area contributed by atoms with Crippen molar-refractivity contribution in [1.82, 2.24) is 10.6 Å². The Balaban J connectivity index is 2.47. The van der Waals surface area contributed by atoms with Gasteiger partial charge in [0.05, 0.1) is 23.7 Å². The van der Waals surface area contributed by atoms with Crippen LogP contribution in [0, 0.1) is 5.92 Å². The Morgan fingerprint density at radius 3 is 2.61 bits per heavy atom. The summed E-state index contributed by atoms with van der Waals surface area (Å²) in [6.07, 6.45) is 0. The molecule has 1 fully saturated rings. The number of nitrogens with one attached hydrogen (secondary N) is 2. The second-order valence-electron chi connectivity index (χ2n) is 5.78. The number of thiocarbonyl (C=S) groups is 1. The Hall–Kier alpha value is -2.33. The standard InChI is InChI=1S/C18H21BrN2O6S/c1-4-25-12-7-10(6-11(19)16(12)27-8-13(22)23)15-14(17(24)26-5-2)9(3)20-18(28)21-15/h6-7,14-15H,3-5,8H2,1-2H3,(H,22,23)(H2,20,21,28). The van der Waals surface area contributed by atoms with E-state index in [0.717, 1.165) is 0 Å². The van der Waals surface area contributed by atoms with E-state index in [4.69, 9.17) is 31.5 Å². The van der Waals surface area contributed by atoms with E-state index >= 15 is 0 Å². The van der Waals surface area contributed by atoms with Gasteiger partial charge in [0, 0.05) is 5.70 Å². The molecule has 0 saturated carbocycles. The Bertz CT molecular complexity index is 801. The fourth-order valence-corrected chi connectivity index (χ4v) is 3.61. The molecular weight excluding hydrogens is 452 g/mol. The van der Waals surface area contributed by atoms with Gasteiger partial charge in [-0.3, -0.25) is 4.79 Å². The lowest BCUT2D eigenvalue weighted by molar-refractivity contribution is -0.147. The van der Waals surface area contributed by atoms with Crippen LogP contribution in [-0.2, 0) is 14.3 Å². The smallest absolute Gasteiger partial charge is 0.341 e. The summed E-state index contributed by atoms with van der Waals surface area (Å²) in [5, 5.41) is 15.1. The average molecular weight is 473 g/mol. The number of rotatable bonds is 8. The predicted octanol–water partition coefficient (Wildman–Crippen LogP) is 2.52. The second kappa shape index (κ2) is 9.74. The van der Waals surface area contributed by atoms with E-state index in [1.807, 2.05) is 0 Å². The van der Waals surface area contributed by atoms with Crippen molar-refractivity contribution in [3.63, 3.8) is 0 Å². The SMILES string of the molecule is C=C1NC(=S)NC(c2cc(Br)c(OCC(=O)O)c(OCC)c2)C1C(=O)OCC. The number of aliphatic carboxylic acids is 1. The first kappa shape index (κ1) is 22.0. The molecule has 1 saturated heterocycles. The minimum absolute atomic E-state index is 0.232. The van der Waals surface area contributed by atoms with Gasteiger partial charge in [0.25, 0.3) is 0 Å². The number of esters is 1. The van der Waals surface area contributed by atoms with Gasteiger partial charge >= 0.3 is 11.9 Å². The van der Waals surface area contributed by atoms with Gasteiger partial charge in [-0.05, 0) is 59.7 Å². The lowest BCUT2D eigenvalue weighted by atomic mass is 9.89. The van der Waals surface area contributed by atoms with Crippen LogP contribution in [0.2, 0.25) is 0 Å². The van der Waals surface area contributed by atoms with Crippen molar-refractivity contribution < 1.29 is 28.9 Å². The molecule has 1 aliphatic heterocycles. The first-order valence-electron chi connectivity index (χ1n) is 8.52. The molecule has 0 aliphatic carbocycles. The van der Waals surface area contributed by atoms with Gasteiger partial charge in [0.15, 0.2) is 23.2 Å². The number of benzene rings is 1. The fraction of sp³-hybridized carbons (Fsp3) is 0.389. The summed E-state index contributed by atoms with van der Waals surface area (Å²) in [4.78, 5) is 23.3. The molecule has 1 aliphatic rings. The molecule has 0 radical (unpaired) electrons. The van der Waals surface area contributed by atoms with Crippen molar-refractivity contribution in [3.05, 3.63) is 34.4 Å². The summed E-state index contributed by atoms with van der Waals surface area (Å²) >= 11 is 8.60. The molecule has 10 heteroatoms. The fourth-order valence-electron chi connectivity index (χ4n) is 2.78. The van der Waals surface area contributed by atoms with Crippen LogP contribution in [-0.4, -0.2) is 42.0 Å².